The van der Waals surface area contributed by atoms with Gasteiger partial charge in [0.2, 0.25) is 0 Å². The van der Waals surface area contributed by atoms with Gasteiger partial charge in [-0.2, -0.15) is 0 Å². The zero-order valence-corrected chi connectivity index (χ0v) is 10.5. The van der Waals surface area contributed by atoms with Crippen LogP contribution in [0.25, 0.3) is 0 Å². The van der Waals surface area contributed by atoms with E-state index in [1.54, 1.807) is 6.07 Å². The monoisotopic (exact) mass is 232 g/mol. The molecule has 0 saturated carbocycles. The fourth-order valence-electron chi connectivity index (χ4n) is 2.09. The fraction of sp³-hybridized carbons (Fsp3) is 0.462. The van der Waals surface area contributed by atoms with Crippen LogP contribution >= 0.6 is 0 Å². The van der Waals surface area contributed by atoms with Gasteiger partial charge < -0.3 is 9.68 Å². The second-order valence-electron chi connectivity index (χ2n) is 5.43. The van der Waals surface area contributed by atoms with Crippen molar-refractivity contribution < 1.29 is 14.5 Å². The van der Waals surface area contributed by atoms with Crippen LogP contribution in [-0.2, 0) is 11.1 Å². The first-order valence-corrected chi connectivity index (χ1v) is 5.87. The molecule has 1 N–H and O–H groups in total. The van der Waals surface area contributed by atoms with Crippen molar-refractivity contribution in [2.45, 2.75) is 27.2 Å². The maximum atomic E-state index is 12.3. The van der Waals surface area contributed by atoms with E-state index in [2.05, 4.69) is 0 Å². The Balaban J connectivity index is 2.52. The van der Waals surface area contributed by atoms with E-state index >= 15 is 0 Å². The fourth-order valence-corrected chi connectivity index (χ4v) is 2.09. The number of fused-ring (bicyclic) bond motifs is 1. The SMILES string of the molecule is CC(C)(C)C(=O)c1cccc2c1B(O)OCC2. The van der Waals surface area contributed by atoms with E-state index in [4.69, 9.17) is 4.65 Å². The Labute approximate surface area is 102 Å². The number of carbonyl (C=O) groups excluding carboxylic acids is 1. The van der Waals surface area contributed by atoms with Crippen molar-refractivity contribution >= 4 is 18.4 Å². The van der Waals surface area contributed by atoms with Gasteiger partial charge in [0.15, 0.2) is 5.78 Å². The van der Waals surface area contributed by atoms with Crippen LogP contribution in [0.5, 0.6) is 0 Å². The third-order valence-corrected chi connectivity index (χ3v) is 3.02. The van der Waals surface area contributed by atoms with Crippen LogP contribution in [0.2, 0.25) is 0 Å². The number of rotatable bonds is 1. The highest BCUT2D eigenvalue weighted by Gasteiger charge is 2.33. The summed E-state index contributed by atoms with van der Waals surface area (Å²) in [4.78, 5) is 12.3. The molecule has 17 heavy (non-hydrogen) atoms. The highest BCUT2D eigenvalue weighted by atomic mass is 16.5. The Morgan fingerprint density at radius 1 is 1.41 bits per heavy atom. The zero-order valence-electron chi connectivity index (χ0n) is 10.5. The van der Waals surface area contributed by atoms with Gasteiger partial charge in [0.25, 0.3) is 0 Å². The van der Waals surface area contributed by atoms with Gasteiger partial charge in [-0.25, -0.2) is 0 Å². The number of benzene rings is 1. The first-order valence-electron chi connectivity index (χ1n) is 5.87. The molecule has 0 atom stereocenters. The smallest absolute Gasteiger partial charge is 0.423 e. The van der Waals surface area contributed by atoms with E-state index in [-0.39, 0.29) is 5.78 Å². The van der Waals surface area contributed by atoms with Gasteiger partial charge in [0.05, 0.1) is 0 Å². The molecule has 1 aliphatic rings. The molecule has 1 aliphatic heterocycles. The Bertz CT molecular complexity index is 448. The lowest BCUT2D eigenvalue weighted by Crippen LogP contribution is -2.45. The highest BCUT2D eigenvalue weighted by molar-refractivity contribution is 6.62. The van der Waals surface area contributed by atoms with E-state index < -0.39 is 12.5 Å². The lowest BCUT2D eigenvalue weighted by Gasteiger charge is -2.24. The normalized spacial score (nSPS) is 15.6. The molecular weight excluding hydrogens is 215 g/mol. The first-order chi connectivity index (χ1) is 7.91. The first kappa shape index (κ1) is 12.3. The lowest BCUT2D eigenvalue weighted by atomic mass is 9.68. The Morgan fingerprint density at radius 3 is 2.76 bits per heavy atom. The molecule has 1 heterocycles. The van der Waals surface area contributed by atoms with Crippen LogP contribution in [0.3, 0.4) is 0 Å². The molecule has 0 saturated heterocycles. The summed E-state index contributed by atoms with van der Waals surface area (Å²) in [5.41, 5.74) is 1.80. The van der Waals surface area contributed by atoms with Crippen LogP contribution in [0.15, 0.2) is 18.2 Å². The van der Waals surface area contributed by atoms with Crippen molar-refractivity contribution in [3.63, 3.8) is 0 Å². The molecular formula is C13H17BO3. The van der Waals surface area contributed by atoms with Gasteiger partial charge in [-0.1, -0.05) is 39.0 Å². The quantitative estimate of drug-likeness (QED) is 0.584. The molecule has 3 nitrogen and oxygen atoms in total. The molecule has 0 aromatic heterocycles. The summed E-state index contributed by atoms with van der Waals surface area (Å²) < 4.78 is 5.21. The van der Waals surface area contributed by atoms with Crippen molar-refractivity contribution in [1.82, 2.24) is 0 Å². The van der Waals surface area contributed by atoms with E-state index in [0.717, 1.165) is 12.0 Å². The van der Waals surface area contributed by atoms with Crippen LogP contribution in [-0.4, -0.2) is 24.5 Å². The minimum absolute atomic E-state index is 0.0406. The van der Waals surface area contributed by atoms with Crippen molar-refractivity contribution in [3.8, 4) is 0 Å². The van der Waals surface area contributed by atoms with Gasteiger partial charge in [0.1, 0.15) is 0 Å². The molecule has 0 radical (unpaired) electrons. The second kappa shape index (κ2) is 4.28. The molecule has 0 bridgehead atoms. The number of ketones is 1. The predicted molar refractivity (Wildman–Crippen MR) is 67.5 cm³/mol. The second-order valence-corrected chi connectivity index (χ2v) is 5.43. The van der Waals surface area contributed by atoms with Crippen molar-refractivity contribution in [3.05, 3.63) is 29.3 Å². The summed E-state index contributed by atoms with van der Waals surface area (Å²) >= 11 is 0. The largest absolute Gasteiger partial charge is 0.492 e. The van der Waals surface area contributed by atoms with Crippen LogP contribution in [0, 0.1) is 5.41 Å². The third-order valence-electron chi connectivity index (χ3n) is 3.02. The van der Waals surface area contributed by atoms with E-state index in [1.165, 1.54) is 0 Å². The standard InChI is InChI=1S/C13H17BO3/c1-13(2,3)12(15)10-6-4-5-9-7-8-17-14(16)11(9)10/h4-6,16H,7-8H2,1-3H3. The van der Waals surface area contributed by atoms with Crippen LogP contribution < -0.4 is 5.46 Å². The summed E-state index contributed by atoms with van der Waals surface area (Å²) in [6.07, 6.45) is 0.748. The van der Waals surface area contributed by atoms with Gasteiger partial charge in [-0.05, 0) is 17.4 Å². The Kier molecular flexibility index (Phi) is 3.10. The minimum Gasteiger partial charge on any atom is -0.423 e. The predicted octanol–water partition coefficient (Wildman–Crippen LogP) is 1.18. The summed E-state index contributed by atoms with van der Waals surface area (Å²) in [6.45, 7) is 6.14. The topological polar surface area (TPSA) is 46.5 Å². The number of Topliss-reactive ketones (excluding diaryl/α,β-unsaturated/α-hetero) is 1. The number of carbonyl (C=O) groups is 1. The molecule has 1 aromatic rings. The van der Waals surface area contributed by atoms with E-state index in [9.17, 15) is 9.82 Å². The van der Waals surface area contributed by atoms with E-state index in [1.807, 2.05) is 32.9 Å². The molecule has 4 heteroatoms. The van der Waals surface area contributed by atoms with Crippen molar-refractivity contribution in [2.24, 2.45) is 5.41 Å². The third kappa shape index (κ3) is 2.28. The average Bonchev–Trinajstić information content (AvgIpc) is 2.26. The minimum atomic E-state index is -0.971. The molecule has 0 fully saturated rings. The maximum Gasteiger partial charge on any atom is 0.492 e. The van der Waals surface area contributed by atoms with Gasteiger partial charge in [-0.15, -0.1) is 0 Å². The summed E-state index contributed by atoms with van der Waals surface area (Å²) in [6, 6.07) is 5.58. The molecule has 0 aliphatic carbocycles. The summed E-state index contributed by atoms with van der Waals surface area (Å²) in [5.74, 6) is 0.0406. The maximum absolute atomic E-state index is 12.3. The Morgan fingerprint density at radius 2 is 2.12 bits per heavy atom. The van der Waals surface area contributed by atoms with Crippen LogP contribution in [0.4, 0.5) is 0 Å². The Hall–Kier alpha value is -1.13. The molecule has 90 valence electrons. The molecule has 2 rings (SSSR count). The lowest BCUT2D eigenvalue weighted by molar-refractivity contribution is 0.0858. The van der Waals surface area contributed by atoms with Crippen molar-refractivity contribution in [1.29, 1.82) is 0 Å². The highest BCUT2D eigenvalue weighted by Crippen LogP contribution is 2.21. The molecule has 1 aromatic carbocycles. The van der Waals surface area contributed by atoms with Gasteiger partial charge in [0, 0.05) is 17.6 Å². The molecule has 0 spiro atoms. The molecule has 0 unspecified atom stereocenters. The van der Waals surface area contributed by atoms with Gasteiger partial charge >= 0.3 is 7.12 Å². The molecule has 0 amide bonds. The zero-order chi connectivity index (χ0) is 12.6. The van der Waals surface area contributed by atoms with Crippen LogP contribution in [0.1, 0.15) is 36.7 Å². The van der Waals surface area contributed by atoms with Gasteiger partial charge in [-0.3, -0.25) is 4.79 Å². The average molecular weight is 232 g/mol. The van der Waals surface area contributed by atoms with Crippen molar-refractivity contribution in [2.75, 3.05) is 6.61 Å². The number of hydrogen-bond acceptors (Lipinski definition) is 3. The van der Waals surface area contributed by atoms with E-state index in [0.29, 0.717) is 17.6 Å². The number of hydrogen-bond donors (Lipinski definition) is 1. The summed E-state index contributed by atoms with van der Waals surface area (Å²) in [7, 11) is -0.971. The summed E-state index contributed by atoms with van der Waals surface area (Å²) in [5, 5.41) is 9.88.